The molecule has 206 valence electrons. The Morgan fingerprint density at radius 3 is 2.22 bits per heavy atom. The van der Waals surface area contributed by atoms with E-state index in [0.717, 1.165) is 5.56 Å². The third-order valence-electron chi connectivity index (χ3n) is 7.23. The number of imide groups is 1. The monoisotopic (exact) mass is 552 g/mol. The van der Waals surface area contributed by atoms with Crippen LogP contribution in [0.25, 0.3) is 0 Å². The average molecular weight is 553 g/mol. The van der Waals surface area contributed by atoms with E-state index in [1.807, 2.05) is 49.4 Å². The van der Waals surface area contributed by atoms with E-state index in [2.05, 4.69) is 0 Å². The molecular weight excluding hydrogens is 527 g/mol. The molecule has 0 radical (unpaired) electrons. The lowest BCUT2D eigenvalue weighted by Gasteiger charge is -2.29. The van der Waals surface area contributed by atoms with Crippen molar-refractivity contribution in [1.29, 1.82) is 0 Å². The largest absolute Gasteiger partial charge is 0.493 e. The highest BCUT2D eigenvalue weighted by molar-refractivity contribution is 6.23. The highest BCUT2D eigenvalue weighted by Crippen LogP contribution is 2.48. The van der Waals surface area contributed by atoms with Crippen LogP contribution in [0.1, 0.15) is 27.5 Å². The molecule has 2 aliphatic heterocycles. The topological polar surface area (TPSA) is 85.4 Å². The van der Waals surface area contributed by atoms with Crippen LogP contribution < -0.4 is 19.4 Å². The summed E-state index contributed by atoms with van der Waals surface area (Å²) >= 11 is 0. The first kappa shape index (κ1) is 26.2. The van der Waals surface area contributed by atoms with Crippen molar-refractivity contribution in [2.24, 2.45) is 5.92 Å². The summed E-state index contributed by atoms with van der Waals surface area (Å²) in [5.74, 6) is -2.44. The van der Waals surface area contributed by atoms with Gasteiger partial charge in [-0.05, 0) is 73.2 Å². The lowest BCUT2D eigenvalue weighted by Crippen LogP contribution is -2.37. The number of carbonyl (C=O) groups is 3. The minimum atomic E-state index is -1.03. The first-order chi connectivity index (χ1) is 19.9. The van der Waals surface area contributed by atoms with Crippen LogP contribution >= 0.6 is 0 Å². The minimum Gasteiger partial charge on any atom is -0.493 e. The quantitative estimate of drug-likeness (QED) is 0.180. The van der Waals surface area contributed by atoms with Gasteiger partial charge in [-0.1, -0.05) is 42.0 Å². The van der Waals surface area contributed by atoms with Gasteiger partial charge >= 0.3 is 5.97 Å². The van der Waals surface area contributed by atoms with Gasteiger partial charge in [0.1, 0.15) is 11.7 Å². The van der Waals surface area contributed by atoms with Crippen LogP contribution in [0.4, 0.5) is 15.8 Å². The summed E-state index contributed by atoms with van der Waals surface area (Å²) in [6, 6.07) is 25.6. The maximum atomic E-state index is 13.9. The van der Waals surface area contributed by atoms with Gasteiger partial charge in [-0.15, -0.1) is 0 Å². The Hall–Kier alpha value is -5.02. The SMILES string of the molecule is COc1cc([C@@H]2[C@H]3C(=O)N(c4ccc(C)cc4)C(=O)[C@H]3ON2c2ccccc2)ccc1OC(=O)c1ccc(F)cc1. The van der Waals surface area contributed by atoms with Gasteiger partial charge in [0, 0.05) is 0 Å². The van der Waals surface area contributed by atoms with E-state index < -0.39 is 35.8 Å². The summed E-state index contributed by atoms with van der Waals surface area (Å²) in [6.07, 6.45) is -1.03. The number of anilines is 2. The number of rotatable bonds is 6. The van der Waals surface area contributed by atoms with Gasteiger partial charge in [0.15, 0.2) is 17.6 Å². The number of fused-ring (bicyclic) bond motifs is 1. The maximum Gasteiger partial charge on any atom is 0.343 e. The summed E-state index contributed by atoms with van der Waals surface area (Å²) in [7, 11) is 1.43. The molecule has 4 aromatic carbocycles. The van der Waals surface area contributed by atoms with E-state index >= 15 is 0 Å². The second-order valence-corrected chi connectivity index (χ2v) is 9.81. The summed E-state index contributed by atoms with van der Waals surface area (Å²) in [6.45, 7) is 1.93. The molecule has 2 fully saturated rings. The van der Waals surface area contributed by atoms with E-state index in [-0.39, 0.29) is 23.0 Å². The van der Waals surface area contributed by atoms with E-state index in [0.29, 0.717) is 16.9 Å². The third kappa shape index (κ3) is 4.70. The molecule has 2 saturated heterocycles. The number of ether oxygens (including phenoxy) is 2. The van der Waals surface area contributed by atoms with E-state index in [1.54, 1.807) is 35.4 Å². The van der Waals surface area contributed by atoms with Crippen LogP contribution in [0.2, 0.25) is 0 Å². The number of nitrogens with zero attached hydrogens (tertiary/aromatic N) is 2. The Kier molecular flexibility index (Phi) is 6.72. The minimum absolute atomic E-state index is 0.141. The predicted molar refractivity (Wildman–Crippen MR) is 148 cm³/mol. The van der Waals surface area contributed by atoms with Gasteiger partial charge < -0.3 is 9.47 Å². The van der Waals surface area contributed by atoms with Gasteiger partial charge in [0.2, 0.25) is 5.91 Å². The Labute approximate surface area is 235 Å². The zero-order valence-corrected chi connectivity index (χ0v) is 22.2. The molecule has 2 aliphatic rings. The standard InChI is InChI=1S/C32H25FN2O6/c1-19-8-15-23(16-9-19)34-30(36)27-28(35(41-29(27)31(34)37)24-6-4-3-5-7-24)21-12-17-25(26(18-21)39-2)40-32(38)20-10-13-22(33)14-11-20/h3-18,27-29H,1-2H3/t27-,28-,29+/m1/s1. The van der Waals surface area contributed by atoms with E-state index in [4.69, 9.17) is 14.3 Å². The summed E-state index contributed by atoms with van der Waals surface area (Å²) in [5, 5.41) is 1.58. The van der Waals surface area contributed by atoms with Crippen molar-refractivity contribution < 1.29 is 33.1 Å². The van der Waals surface area contributed by atoms with Gasteiger partial charge in [-0.25, -0.2) is 19.1 Å². The Morgan fingerprint density at radius 1 is 0.829 bits per heavy atom. The van der Waals surface area contributed by atoms with Crippen LogP contribution in [0.3, 0.4) is 0 Å². The smallest absolute Gasteiger partial charge is 0.343 e. The summed E-state index contributed by atoms with van der Waals surface area (Å²) < 4.78 is 24.4. The number of halogens is 1. The van der Waals surface area contributed by atoms with Crippen molar-refractivity contribution in [3.05, 3.63) is 120 Å². The van der Waals surface area contributed by atoms with Gasteiger partial charge in [0.05, 0.1) is 30.1 Å². The lowest BCUT2D eigenvalue weighted by molar-refractivity contribution is -0.126. The molecule has 9 heteroatoms. The van der Waals surface area contributed by atoms with Crippen LogP contribution in [0.15, 0.2) is 97.1 Å². The molecule has 0 N–H and O–H groups in total. The number of esters is 1. The van der Waals surface area contributed by atoms with Gasteiger partial charge in [-0.3, -0.25) is 14.4 Å². The number of amides is 2. The Morgan fingerprint density at radius 2 is 1.54 bits per heavy atom. The average Bonchev–Trinajstić information content (AvgIpc) is 3.50. The highest BCUT2D eigenvalue weighted by Gasteiger charge is 2.60. The van der Waals surface area contributed by atoms with Crippen LogP contribution in [-0.2, 0) is 14.4 Å². The maximum absolute atomic E-state index is 13.9. The van der Waals surface area contributed by atoms with Crippen molar-refractivity contribution in [3.8, 4) is 11.5 Å². The van der Waals surface area contributed by atoms with E-state index in [1.165, 1.54) is 36.3 Å². The van der Waals surface area contributed by atoms with E-state index in [9.17, 15) is 18.8 Å². The van der Waals surface area contributed by atoms with Crippen LogP contribution in [0, 0.1) is 18.7 Å². The molecule has 6 rings (SSSR count). The van der Waals surface area contributed by atoms with Crippen molar-refractivity contribution in [2.45, 2.75) is 19.1 Å². The molecule has 41 heavy (non-hydrogen) atoms. The van der Waals surface area contributed by atoms with Crippen molar-refractivity contribution in [1.82, 2.24) is 0 Å². The first-order valence-corrected chi connectivity index (χ1v) is 13.0. The van der Waals surface area contributed by atoms with Crippen LogP contribution in [-0.4, -0.2) is 31.0 Å². The number of hydrogen-bond acceptors (Lipinski definition) is 7. The lowest BCUT2D eigenvalue weighted by atomic mass is 9.90. The normalized spacial score (nSPS) is 19.8. The molecule has 3 atom stereocenters. The molecule has 4 aromatic rings. The molecule has 8 nitrogen and oxygen atoms in total. The molecule has 0 aromatic heterocycles. The highest BCUT2D eigenvalue weighted by atomic mass is 19.1. The van der Waals surface area contributed by atoms with Gasteiger partial charge in [-0.2, -0.15) is 0 Å². The zero-order chi connectivity index (χ0) is 28.7. The van der Waals surface area contributed by atoms with Crippen molar-refractivity contribution in [3.63, 3.8) is 0 Å². The fraction of sp³-hybridized carbons (Fsp3) is 0.156. The number of hydroxylamine groups is 1. The second-order valence-electron chi connectivity index (χ2n) is 9.81. The molecule has 2 amide bonds. The van der Waals surface area contributed by atoms with Crippen LogP contribution in [0.5, 0.6) is 11.5 Å². The van der Waals surface area contributed by atoms with Crippen molar-refractivity contribution >= 4 is 29.2 Å². The number of hydrogen-bond donors (Lipinski definition) is 0. The fourth-order valence-electron chi connectivity index (χ4n) is 5.20. The molecule has 0 aliphatic carbocycles. The molecule has 0 spiro atoms. The summed E-state index contributed by atoms with van der Waals surface area (Å²) in [5.41, 5.74) is 2.94. The fourth-order valence-corrected chi connectivity index (χ4v) is 5.20. The van der Waals surface area contributed by atoms with Gasteiger partial charge in [0.25, 0.3) is 5.91 Å². The third-order valence-corrected chi connectivity index (χ3v) is 7.23. The number of benzene rings is 4. The number of para-hydroxylation sites is 1. The molecule has 0 saturated carbocycles. The predicted octanol–water partition coefficient (Wildman–Crippen LogP) is 5.41. The molecule has 2 heterocycles. The number of carbonyl (C=O) groups excluding carboxylic acids is 3. The number of methoxy groups -OCH3 is 1. The molecule has 0 unspecified atom stereocenters. The Balaban J connectivity index is 1.36. The Bertz CT molecular complexity index is 1620. The molecular formula is C32H25FN2O6. The van der Waals surface area contributed by atoms with Crippen molar-refractivity contribution in [2.75, 3.05) is 17.1 Å². The first-order valence-electron chi connectivity index (χ1n) is 13.0. The number of aryl methyl sites for hydroxylation is 1. The summed E-state index contributed by atoms with van der Waals surface area (Å²) in [4.78, 5) is 47.5. The second kappa shape index (κ2) is 10.5. The zero-order valence-electron chi connectivity index (χ0n) is 22.2. The molecule has 0 bridgehead atoms.